The van der Waals surface area contributed by atoms with Gasteiger partial charge < -0.3 is 25.5 Å². The van der Waals surface area contributed by atoms with E-state index in [-0.39, 0.29) is 12.4 Å². The van der Waals surface area contributed by atoms with E-state index in [9.17, 15) is 24.6 Å². The largest absolute Gasteiger partial charge is 0.388 e. The average molecular weight is 376 g/mol. The van der Waals surface area contributed by atoms with Crippen LogP contribution in [0.25, 0.3) is 0 Å². The number of nitrogens with zero attached hydrogens (tertiary/aromatic N) is 2. The summed E-state index contributed by atoms with van der Waals surface area (Å²) in [6.07, 6.45) is -3.38. The molecule has 0 spiro atoms. The molecule has 3 rings (SSSR count). The zero-order valence-corrected chi connectivity index (χ0v) is 14.8. The van der Waals surface area contributed by atoms with Gasteiger partial charge in [-0.05, 0) is 37.1 Å². The highest BCUT2D eigenvalue weighted by Gasteiger charge is 2.41. The Hall–Kier alpha value is -2.82. The minimum atomic E-state index is -1.81. The van der Waals surface area contributed by atoms with Gasteiger partial charge in [0.2, 0.25) is 0 Å². The molecule has 0 saturated heterocycles. The number of imide groups is 1. The Labute approximate surface area is 154 Å². The smallest absolute Gasteiger partial charge is 0.349 e. The average Bonchev–Trinajstić information content (AvgIpc) is 2.62. The number of β-amino-alcohol motifs (C(OH)–C–C–N with tert-alkyl or cyclic N) is 1. The van der Waals surface area contributed by atoms with Gasteiger partial charge in [-0.15, -0.1) is 0 Å². The number of rotatable bonds is 5. The van der Waals surface area contributed by atoms with Crippen LogP contribution in [0, 0.1) is 13.8 Å². The van der Waals surface area contributed by atoms with Crippen molar-refractivity contribution in [1.29, 1.82) is 0 Å². The Bertz CT molecular complexity index is 852. The first-order valence-electron chi connectivity index (χ1n) is 8.31. The molecule has 2 heterocycles. The fourth-order valence-electron chi connectivity index (χ4n) is 3.04. The van der Waals surface area contributed by atoms with Gasteiger partial charge in [0.15, 0.2) is 11.8 Å². The van der Waals surface area contributed by atoms with Crippen molar-refractivity contribution in [2.75, 3.05) is 23.4 Å². The van der Waals surface area contributed by atoms with E-state index in [1.54, 1.807) is 6.07 Å². The summed E-state index contributed by atoms with van der Waals surface area (Å²) >= 11 is 0. The Kier molecular flexibility index (Phi) is 4.96. The third kappa shape index (κ3) is 3.42. The Balaban J connectivity index is 2.05. The number of amidine groups is 1. The van der Waals surface area contributed by atoms with Crippen molar-refractivity contribution >= 4 is 34.9 Å². The minimum absolute atomic E-state index is 0.0576. The third-order valence-electron chi connectivity index (χ3n) is 4.67. The lowest BCUT2D eigenvalue weighted by atomic mass is 10.00. The summed E-state index contributed by atoms with van der Waals surface area (Å²) in [5.41, 5.74) is 3.01. The van der Waals surface area contributed by atoms with Gasteiger partial charge in [-0.25, -0.2) is 4.79 Å². The zero-order chi connectivity index (χ0) is 19.9. The molecular formula is C17H20N4O6. The van der Waals surface area contributed by atoms with E-state index in [0.29, 0.717) is 11.4 Å². The molecule has 10 nitrogen and oxygen atoms in total. The highest BCUT2D eigenvalue weighted by atomic mass is 16.3. The van der Waals surface area contributed by atoms with Crippen molar-refractivity contribution in [3.05, 3.63) is 23.3 Å². The summed E-state index contributed by atoms with van der Waals surface area (Å²) in [4.78, 5) is 40.7. The van der Waals surface area contributed by atoms with Crippen molar-refractivity contribution < 1.29 is 29.7 Å². The number of aliphatic hydroxyl groups is 3. The number of anilines is 2. The molecule has 0 aromatic heterocycles. The number of carbonyl (C=O) groups is 3. The van der Waals surface area contributed by atoms with Crippen LogP contribution in [0.3, 0.4) is 0 Å². The number of urea groups is 1. The monoisotopic (exact) mass is 376 g/mol. The second kappa shape index (κ2) is 7.06. The van der Waals surface area contributed by atoms with Gasteiger partial charge in [0, 0.05) is 0 Å². The molecule has 1 aromatic carbocycles. The van der Waals surface area contributed by atoms with E-state index < -0.39 is 42.6 Å². The van der Waals surface area contributed by atoms with E-state index >= 15 is 0 Å². The lowest BCUT2D eigenvalue weighted by molar-refractivity contribution is -0.135. The molecule has 1 aromatic rings. The molecule has 0 bridgehead atoms. The van der Waals surface area contributed by atoms with Crippen LogP contribution in [0.15, 0.2) is 17.1 Å². The SMILES string of the molecule is Cc1cc2c(cc1C)N(C[C@H](O)[C@H](O)C(=O)CO)C1=NC(=O)NC(=O)C1N2. The number of carbonyl (C=O) groups excluding carboxylic acids is 3. The maximum absolute atomic E-state index is 12.2. The first-order valence-corrected chi connectivity index (χ1v) is 8.31. The summed E-state index contributed by atoms with van der Waals surface area (Å²) in [6, 6.07) is 1.81. The number of aliphatic imine (C=N–C) groups is 1. The van der Waals surface area contributed by atoms with Crippen LogP contribution in [0.1, 0.15) is 11.1 Å². The molecule has 10 heteroatoms. The predicted octanol–water partition coefficient (Wildman–Crippen LogP) is -1.16. The second-order valence-corrected chi connectivity index (χ2v) is 6.54. The van der Waals surface area contributed by atoms with Crippen molar-refractivity contribution in [2.45, 2.75) is 32.1 Å². The van der Waals surface area contributed by atoms with Crippen LogP contribution in [0.2, 0.25) is 0 Å². The molecule has 3 amide bonds. The van der Waals surface area contributed by atoms with Gasteiger partial charge in [-0.1, -0.05) is 0 Å². The predicted molar refractivity (Wildman–Crippen MR) is 95.8 cm³/mol. The van der Waals surface area contributed by atoms with Gasteiger partial charge >= 0.3 is 6.03 Å². The van der Waals surface area contributed by atoms with Gasteiger partial charge in [0.1, 0.15) is 24.7 Å². The van der Waals surface area contributed by atoms with Crippen molar-refractivity contribution in [1.82, 2.24) is 5.32 Å². The highest BCUT2D eigenvalue weighted by Crippen LogP contribution is 2.35. The Morgan fingerprint density at radius 2 is 1.93 bits per heavy atom. The fraction of sp³-hybridized carbons (Fsp3) is 0.412. The van der Waals surface area contributed by atoms with Crippen LogP contribution in [-0.2, 0) is 9.59 Å². The van der Waals surface area contributed by atoms with Crippen molar-refractivity contribution in [3.63, 3.8) is 0 Å². The van der Waals surface area contributed by atoms with Gasteiger partial charge in [-0.2, -0.15) is 4.99 Å². The number of fused-ring (bicyclic) bond motifs is 2. The number of Topliss-reactive ketones (excluding diaryl/α,β-unsaturated/α-hetero) is 1. The summed E-state index contributed by atoms with van der Waals surface area (Å²) in [6.45, 7) is 2.55. The number of hydrogen-bond donors (Lipinski definition) is 5. The molecule has 0 saturated carbocycles. The quantitative estimate of drug-likeness (QED) is 0.431. The van der Waals surface area contributed by atoms with E-state index in [2.05, 4.69) is 15.6 Å². The summed E-state index contributed by atoms with van der Waals surface area (Å²) in [7, 11) is 0. The van der Waals surface area contributed by atoms with Gasteiger partial charge in [0.05, 0.1) is 17.9 Å². The number of benzene rings is 1. The summed E-state index contributed by atoms with van der Waals surface area (Å²) < 4.78 is 0. The molecule has 2 aliphatic rings. The molecule has 1 unspecified atom stereocenters. The number of aryl methyl sites for hydroxylation is 2. The molecule has 5 N–H and O–H groups in total. The lowest BCUT2D eigenvalue weighted by Crippen LogP contribution is -2.60. The number of aliphatic hydroxyl groups excluding tert-OH is 3. The maximum atomic E-state index is 12.2. The van der Waals surface area contributed by atoms with Crippen molar-refractivity contribution in [3.8, 4) is 0 Å². The van der Waals surface area contributed by atoms with Gasteiger partial charge in [0.25, 0.3) is 5.91 Å². The van der Waals surface area contributed by atoms with E-state index in [1.165, 1.54) is 4.90 Å². The molecule has 0 aliphatic carbocycles. The highest BCUT2D eigenvalue weighted by molar-refractivity contribution is 6.26. The summed E-state index contributed by atoms with van der Waals surface area (Å²) in [5.74, 6) is -1.48. The van der Waals surface area contributed by atoms with Crippen LogP contribution in [0.4, 0.5) is 16.2 Å². The first kappa shape index (κ1) is 19.0. The second-order valence-electron chi connectivity index (χ2n) is 6.54. The molecule has 3 atom stereocenters. The van der Waals surface area contributed by atoms with Crippen molar-refractivity contribution in [2.24, 2.45) is 4.99 Å². The molecule has 27 heavy (non-hydrogen) atoms. The number of ketones is 1. The maximum Gasteiger partial charge on any atom is 0.349 e. The topological polar surface area (TPSA) is 152 Å². The zero-order valence-electron chi connectivity index (χ0n) is 14.8. The van der Waals surface area contributed by atoms with E-state index in [4.69, 9.17) is 5.11 Å². The van der Waals surface area contributed by atoms with E-state index in [0.717, 1.165) is 11.1 Å². The standard InChI is InChI=1S/C17H20N4O6/c1-7-3-9-10(4-8(7)2)21(5-11(23)14(25)12(24)6-22)15-13(18-9)16(26)20-17(27)19-15/h3-4,11,13-14,18,22-23,25H,5-6H2,1-2H3,(H,20,26,27)/t11-,13?,14-/m0/s1. The lowest BCUT2D eigenvalue weighted by Gasteiger charge is -2.40. The number of nitrogens with one attached hydrogen (secondary N) is 2. The normalized spacial score (nSPS) is 20.7. The fourth-order valence-corrected chi connectivity index (χ4v) is 3.04. The van der Waals surface area contributed by atoms with Gasteiger partial charge in [-0.3, -0.25) is 14.9 Å². The van der Waals surface area contributed by atoms with Crippen LogP contribution in [-0.4, -0.2) is 70.3 Å². The van der Waals surface area contributed by atoms with Crippen LogP contribution < -0.4 is 15.5 Å². The Morgan fingerprint density at radius 3 is 2.59 bits per heavy atom. The number of hydrogen-bond acceptors (Lipinski definition) is 8. The number of amides is 3. The molecule has 0 fully saturated rings. The molecule has 2 aliphatic heterocycles. The van der Waals surface area contributed by atoms with Crippen LogP contribution >= 0.6 is 0 Å². The molecular weight excluding hydrogens is 356 g/mol. The Morgan fingerprint density at radius 1 is 1.26 bits per heavy atom. The molecule has 0 radical (unpaired) electrons. The third-order valence-corrected chi connectivity index (χ3v) is 4.67. The van der Waals surface area contributed by atoms with Crippen LogP contribution in [0.5, 0.6) is 0 Å². The van der Waals surface area contributed by atoms with E-state index in [1.807, 2.05) is 19.9 Å². The minimum Gasteiger partial charge on any atom is -0.388 e. The first-order chi connectivity index (χ1) is 12.7. The summed E-state index contributed by atoms with van der Waals surface area (Å²) in [5, 5.41) is 34.1. The molecule has 144 valence electrons.